The number of rotatable bonds is 29. The average molecular weight is 2050 g/mol. The minimum Gasteiger partial charge on any atom is -0.493 e. The van der Waals surface area contributed by atoms with Crippen LogP contribution in [0.15, 0.2) is 182 Å². The zero-order valence-electron chi connectivity index (χ0n) is 70.5. The summed E-state index contributed by atoms with van der Waals surface area (Å²) in [6.45, 7) is 5.04. The lowest BCUT2D eigenvalue weighted by Crippen LogP contribution is -2.47. The van der Waals surface area contributed by atoms with Gasteiger partial charge >= 0.3 is 0 Å². The molecule has 5 saturated heterocycles. The van der Waals surface area contributed by atoms with Gasteiger partial charge in [0.25, 0.3) is 0 Å². The third-order valence-corrected chi connectivity index (χ3v) is 45.7. The largest absolute Gasteiger partial charge is 0.493 e. The molecule has 127 heavy (non-hydrogen) atoms. The van der Waals surface area contributed by atoms with Crippen LogP contribution in [0.1, 0.15) is 88.5 Å². The molecule has 0 unspecified atom stereocenters. The number of hydrogen-bond acceptors (Lipinski definition) is 29. The maximum Gasteiger partial charge on any atom is 0.221 e. The third kappa shape index (κ3) is 28.8. The Morgan fingerprint density at radius 3 is 1.13 bits per heavy atom. The van der Waals surface area contributed by atoms with Gasteiger partial charge in [-0.15, -0.1) is 11.3 Å². The molecular formula is C83H108Cl4N6O23S11. The van der Waals surface area contributed by atoms with Crippen LogP contribution in [0.3, 0.4) is 0 Å². The summed E-state index contributed by atoms with van der Waals surface area (Å²) in [6, 6.07) is 36.2. The van der Waals surface area contributed by atoms with Gasteiger partial charge in [-0.2, -0.15) is 0 Å². The number of carbonyl (C=O) groups excluding carboxylic acids is 1. The van der Waals surface area contributed by atoms with Gasteiger partial charge in [0.05, 0.1) is 122 Å². The standard InChI is InChI=1S/C20H24ClNO6S2.C17H24ClNO4S2.C16H18ClNO4S3.C15H22ClNO4S2.C15H20N2O5S2/c1-27-18-8-3-14(11-19(18)28-2)9-10-22-17-12-29(23,24)13-20(17)30(25,26)16-6-4-15(21)5-7-16;18-13-7-9-15(10-8-13)25(22,23)17-12-24(20,21)11-16(17)19-14-5-3-1-2-4-6-14;17-12-3-5-14(6-4-12)25(21,22)16-11-24(19,20)10-15(16)18-8-7-13-2-1-9-23-13;1-3-4-9-17(2)14-10-22(18,19)11-15(14)23(20,21)13-7-5-12(16)6-8-13;1-10(18)16-11-4-6-13(7-5-11)24(21,22)15-9-23(19,20)8-14(15)17-12-2-3-12/h3-8,11,17,20,22H,9-10,12-13H2,1-2H3;7-10,14,16-17,19H,1-6,11-12H2;1-6,9,15-16,18H,7-8,10-11H2;5-8,14-15H,3-4,9-11H2,1-2H3;4-7,12,14-15,17H,2-3,8-9H2,1H3,(H,16,18)/t17-,20-;16-,17-;15-,16-;2*14-,15-/m00000/s1. The molecule has 14 rings (SSSR count). The first-order valence-corrected chi connectivity index (χ1v) is 60.3. The summed E-state index contributed by atoms with van der Waals surface area (Å²) >= 11 is 24.9. The topological polar surface area (TPSA) is 440 Å². The predicted octanol–water partition coefficient (Wildman–Crippen LogP) is 9.24. The fourth-order valence-corrected chi connectivity index (χ4v) is 41.0. The van der Waals surface area contributed by atoms with Crippen LogP contribution in [0.5, 0.6) is 11.5 Å². The highest BCUT2D eigenvalue weighted by molar-refractivity contribution is 7.98. The monoisotopic (exact) mass is 2050 g/mol. The van der Waals surface area contributed by atoms with Gasteiger partial charge in [-0.25, -0.2) is 84.2 Å². The summed E-state index contributed by atoms with van der Waals surface area (Å²) in [5.74, 6) is -1.50. The second-order valence-corrected chi connectivity index (χ2v) is 57.0. The Morgan fingerprint density at radius 1 is 0.425 bits per heavy atom. The highest BCUT2D eigenvalue weighted by Gasteiger charge is 2.52. The molecule has 5 aliphatic heterocycles. The maximum absolute atomic E-state index is 13.1. The lowest BCUT2D eigenvalue weighted by Gasteiger charge is -2.28. The number of unbranched alkanes of at least 4 members (excludes halogenated alkanes) is 1. The second kappa shape index (κ2) is 44.1. The molecular weight excluding hydrogens is 1940 g/mol. The number of nitrogens with zero attached hydrogens (tertiary/aromatic N) is 1. The Balaban J connectivity index is 0.000000166. The van der Waals surface area contributed by atoms with Gasteiger partial charge in [0.15, 0.2) is 110 Å². The highest BCUT2D eigenvalue weighted by atomic mass is 35.5. The Morgan fingerprint density at radius 2 is 0.772 bits per heavy atom. The molecule has 7 aromatic rings. The molecule has 7 aliphatic rings. The van der Waals surface area contributed by atoms with E-state index in [0.717, 1.165) is 63.4 Å². The Bertz CT molecular complexity index is 6150. The lowest BCUT2D eigenvalue weighted by molar-refractivity contribution is -0.114. The van der Waals surface area contributed by atoms with Crippen LogP contribution < -0.4 is 36.1 Å². The van der Waals surface area contributed by atoms with Crippen LogP contribution >= 0.6 is 57.7 Å². The third-order valence-electron chi connectivity index (χ3n) is 22.9. The van der Waals surface area contributed by atoms with Crippen molar-refractivity contribution in [1.82, 2.24) is 26.2 Å². The van der Waals surface area contributed by atoms with E-state index >= 15 is 0 Å². The SMILES string of the molecule is CC(=O)Nc1ccc(S(=O)(=O)[C@H]2CS(=O)(=O)C[C@@H]2NC2CC2)cc1.CCCCN(C)[C@H]1CS(=O)(=O)C[C@@H]1S(=O)(=O)c1ccc(Cl)cc1.COc1ccc(CCN[C@H]2CS(=O)(=O)C[C@@H]2S(=O)(=O)c2ccc(Cl)cc2)cc1OC.O=S1(=O)C[C@H](NC2CCCCCC2)[C@@H](S(=O)(=O)c2ccc(Cl)cc2)C1.O=S1(=O)C[C@H](NCCc2cccs2)[C@@H](S(=O)(=O)c2ccc(Cl)cc2)C1. The molecule has 29 nitrogen and oxygen atoms in total. The number of anilines is 1. The number of amides is 1. The number of sulfone groups is 10. The molecule has 6 aromatic carbocycles. The van der Waals surface area contributed by atoms with Crippen LogP contribution in [0.4, 0.5) is 5.69 Å². The molecule has 702 valence electrons. The minimum atomic E-state index is -3.83. The van der Waals surface area contributed by atoms with Gasteiger partial charge < -0.3 is 41.0 Å². The summed E-state index contributed by atoms with van der Waals surface area (Å²) in [7, 11) is -30.9. The van der Waals surface area contributed by atoms with E-state index in [2.05, 4.69) is 26.6 Å². The van der Waals surface area contributed by atoms with Crippen molar-refractivity contribution in [3.05, 3.63) is 188 Å². The van der Waals surface area contributed by atoms with Crippen LogP contribution in [-0.4, -0.2) is 262 Å². The molecule has 5 N–H and O–H groups in total. The fourth-order valence-electron chi connectivity index (χ4n) is 16.1. The van der Waals surface area contributed by atoms with E-state index < -0.39 is 161 Å². The first kappa shape index (κ1) is 104. The van der Waals surface area contributed by atoms with E-state index in [-0.39, 0.29) is 94.2 Å². The number of hydrogen-bond donors (Lipinski definition) is 5. The smallest absolute Gasteiger partial charge is 0.221 e. The number of ether oxygens (including phenoxy) is 2. The quantitative estimate of drug-likeness (QED) is 0.0272. The van der Waals surface area contributed by atoms with Gasteiger partial charge in [-0.05, 0) is 216 Å². The summed E-state index contributed by atoms with van der Waals surface area (Å²) in [4.78, 5) is 14.6. The van der Waals surface area contributed by atoms with Crippen molar-refractivity contribution in [2.75, 3.05) is 104 Å². The normalized spacial score (nSPS) is 24.2. The molecule has 7 fully saturated rings. The second-order valence-electron chi connectivity index (χ2n) is 32.6. The average Bonchev–Trinajstić information content (AvgIpc) is 1.67. The zero-order chi connectivity index (χ0) is 92.9. The molecule has 2 saturated carbocycles. The van der Waals surface area contributed by atoms with Crippen molar-refractivity contribution < 1.29 is 98.4 Å². The van der Waals surface area contributed by atoms with Crippen molar-refractivity contribution in [1.29, 1.82) is 0 Å². The van der Waals surface area contributed by atoms with Crippen molar-refractivity contribution >= 4 is 168 Å². The van der Waals surface area contributed by atoms with E-state index in [4.69, 9.17) is 55.9 Å². The molecule has 1 amide bonds. The zero-order valence-corrected chi connectivity index (χ0v) is 82.5. The fraction of sp³-hybridized carbons (Fsp3) is 0.506. The van der Waals surface area contributed by atoms with Crippen LogP contribution in [0.25, 0.3) is 0 Å². The molecule has 44 heteroatoms. The van der Waals surface area contributed by atoms with E-state index in [9.17, 15) is 89.0 Å². The molecule has 6 heterocycles. The van der Waals surface area contributed by atoms with Gasteiger partial charge in [0.2, 0.25) is 5.91 Å². The Labute approximate surface area is 771 Å². The Kier molecular flexibility index (Phi) is 36.0. The minimum absolute atomic E-state index is 0.0701. The van der Waals surface area contributed by atoms with E-state index in [0.29, 0.717) is 63.3 Å². The lowest BCUT2D eigenvalue weighted by atomic mass is 10.1. The Hall–Kier alpha value is -5.45. The number of carbonyl (C=O) groups is 1. The number of thiophene rings is 1. The highest BCUT2D eigenvalue weighted by Crippen LogP contribution is 2.36. The predicted molar refractivity (Wildman–Crippen MR) is 499 cm³/mol. The van der Waals surface area contributed by atoms with E-state index in [1.54, 1.807) is 38.7 Å². The maximum atomic E-state index is 13.1. The first-order chi connectivity index (χ1) is 59.6. The van der Waals surface area contributed by atoms with Gasteiger partial charge in [-0.3, -0.25) is 4.79 Å². The molecule has 0 radical (unpaired) electrons. The van der Waals surface area contributed by atoms with Gasteiger partial charge in [0.1, 0.15) is 0 Å². The van der Waals surface area contributed by atoms with Crippen molar-refractivity contribution in [3.63, 3.8) is 0 Å². The first-order valence-electron chi connectivity index (χ1n) is 41.1. The number of halogens is 4. The van der Waals surface area contributed by atoms with Crippen molar-refractivity contribution in [2.45, 2.75) is 184 Å². The summed E-state index contributed by atoms with van der Waals surface area (Å²) in [5, 5.41) is 14.2. The summed E-state index contributed by atoms with van der Waals surface area (Å²) < 4.78 is 261. The number of methoxy groups -OCH3 is 2. The molecule has 1 aromatic heterocycles. The summed E-state index contributed by atoms with van der Waals surface area (Å²) in [6.07, 6.45) is 11.6. The van der Waals surface area contributed by atoms with Crippen LogP contribution in [0, 0.1) is 0 Å². The van der Waals surface area contributed by atoms with E-state index in [1.165, 1.54) is 146 Å². The molecule has 2 aliphatic carbocycles. The van der Waals surface area contributed by atoms with Crippen LogP contribution in [-0.2, 0) is 116 Å². The summed E-state index contributed by atoms with van der Waals surface area (Å²) in [5.41, 5.74) is 1.45. The van der Waals surface area contributed by atoms with E-state index in [1.807, 2.05) is 41.5 Å². The molecule has 0 bridgehead atoms. The van der Waals surface area contributed by atoms with Gasteiger partial charge in [0, 0.05) is 86.4 Å². The van der Waals surface area contributed by atoms with Gasteiger partial charge in [-0.1, -0.05) is 97.6 Å². The van der Waals surface area contributed by atoms with Crippen LogP contribution in [0.2, 0.25) is 20.1 Å². The van der Waals surface area contributed by atoms with Crippen molar-refractivity contribution in [3.8, 4) is 11.5 Å². The number of nitrogens with one attached hydrogen (secondary N) is 5. The molecule has 0 spiro atoms. The van der Waals surface area contributed by atoms with Crippen molar-refractivity contribution in [2.24, 2.45) is 0 Å². The molecule has 10 atom stereocenters. The number of benzene rings is 6.